The van der Waals surface area contributed by atoms with Gasteiger partial charge >= 0.3 is 0 Å². The maximum Gasteiger partial charge on any atom is 0.124 e. The number of rotatable bonds is 4. The molecule has 0 aliphatic carbocycles. The lowest BCUT2D eigenvalue weighted by atomic mass is 10.1. The molecule has 90 valence electrons. The molecule has 0 saturated carbocycles. The van der Waals surface area contributed by atoms with Crippen LogP contribution < -0.4 is 5.73 Å². The molecule has 2 N–H and O–H groups in total. The first-order valence-corrected chi connectivity index (χ1v) is 7.30. The third kappa shape index (κ3) is 2.94. The van der Waals surface area contributed by atoms with Gasteiger partial charge in [-0.3, -0.25) is 0 Å². The van der Waals surface area contributed by atoms with Crippen LogP contribution in [0.15, 0.2) is 28.9 Å². The number of hydrogen-bond donors (Lipinski definition) is 1. The van der Waals surface area contributed by atoms with Crippen molar-refractivity contribution in [3.8, 4) is 10.6 Å². The molecule has 2 rings (SSSR count). The molecular weight excluding hydrogens is 296 g/mol. The highest BCUT2D eigenvalue weighted by molar-refractivity contribution is 9.10. The maximum atomic E-state index is 5.57. The molecule has 17 heavy (non-hydrogen) atoms. The standard InChI is InChI=1S/C13H15BrN2S/c1-2-9-3-5-10(6-4-9)13-16-12(14)11(17-13)7-8-15/h3-6H,2,7-8,15H2,1H3. The van der Waals surface area contributed by atoms with Crippen LogP contribution >= 0.6 is 27.3 Å². The second-order valence-electron chi connectivity index (χ2n) is 3.82. The van der Waals surface area contributed by atoms with E-state index < -0.39 is 0 Å². The van der Waals surface area contributed by atoms with Gasteiger partial charge in [-0.2, -0.15) is 0 Å². The molecule has 0 atom stereocenters. The lowest BCUT2D eigenvalue weighted by molar-refractivity contribution is 0.977. The van der Waals surface area contributed by atoms with Crippen molar-refractivity contribution in [2.75, 3.05) is 6.54 Å². The van der Waals surface area contributed by atoms with E-state index in [9.17, 15) is 0 Å². The van der Waals surface area contributed by atoms with Crippen LogP contribution in [0.25, 0.3) is 10.6 Å². The molecule has 0 amide bonds. The predicted octanol–water partition coefficient (Wildman–Crippen LogP) is 3.64. The lowest BCUT2D eigenvalue weighted by Gasteiger charge is -1.98. The van der Waals surface area contributed by atoms with Gasteiger partial charge in [-0.25, -0.2) is 4.98 Å². The maximum absolute atomic E-state index is 5.57. The molecule has 2 aromatic rings. The van der Waals surface area contributed by atoms with E-state index in [1.165, 1.54) is 16.0 Å². The van der Waals surface area contributed by atoms with Crippen LogP contribution in [-0.4, -0.2) is 11.5 Å². The summed E-state index contributed by atoms with van der Waals surface area (Å²) in [4.78, 5) is 5.76. The quantitative estimate of drug-likeness (QED) is 0.936. The summed E-state index contributed by atoms with van der Waals surface area (Å²) >= 11 is 5.20. The van der Waals surface area contributed by atoms with Gasteiger partial charge in [-0.05, 0) is 40.9 Å². The van der Waals surface area contributed by atoms with Crippen molar-refractivity contribution in [2.24, 2.45) is 5.73 Å². The second kappa shape index (κ2) is 5.76. The van der Waals surface area contributed by atoms with Crippen molar-refractivity contribution < 1.29 is 0 Å². The van der Waals surface area contributed by atoms with Gasteiger partial charge in [0.2, 0.25) is 0 Å². The molecule has 4 heteroatoms. The molecule has 0 radical (unpaired) electrons. The number of hydrogen-bond acceptors (Lipinski definition) is 3. The molecule has 0 bridgehead atoms. The number of halogens is 1. The Morgan fingerprint density at radius 2 is 2.00 bits per heavy atom. The van der Waals surface area contributed by atoms with E-state index in [2.05, 4.69) is 52.1 Å². The fourth-order valence-corrected chi connectivity index (χ4v) is 3.33. The van der Waals surface area contributed by atoms with Crippen molar-refractivity contribution in [3.63, 3.8) is 0 Å². The Labute approximate surface area is 114 Å². The van der Waals surface area contributed by atoms with Crippen LogP contribution in [0.2, 0.25) is 0 Å². The van der Waals surface area contributed by atoms with E-state index >= 15 is 0 Å². The first kappa shape index (κ1) is 12.7. The van der Waals surface area contributed by atoms with Crippen LogP contribution in [0.4, 0.5) is 0 Å². The molecule has 2 nitrogen and oxygen atoms in total. The normalized spacial score (nSPS) is 10.8. The average molecular weight is 311 g/mol. The van der Waals surface area contributed by atoms with E-state index in [0.29, 0.717) is 6.54 Å². The number of aryl methyl sites for hydroxylation is 1. The third-order valence-corrected chi connectivity index (χ3v) is 4.71. The van der Waals surface area contributed by atoms with Crippen LogP contribution in [0.5, 0.6) is 0 Å². The van der Waals surface area contributed by atoms with Gasteiger partial charge in [-0.1, -0.05) is 31.2 Å². The topological polar surface area (TPSA) is 38.9 Å². The Morgan fingerprint density at radius 1 is 1.29 bits per heavy atom. The van der Waals surface area contributed by atoms with Gasteiger partial charge in [0.15, 0.2) is 0 Å². The monoisotopic (exact) mass is 310 g/mol. The predicted molar refractivity (Wildman–Crippen MR) is 77.4 cm³/mol. The average Bonchev–Trinajstić information content (AvgIpc) is 2.72. The fourth-order valence-electron chi connectivity index (χ4n) is 1.62. The number of thiazole rings is 1. The molecule has 0 spiro atoms. The number of nitrogens with two attached hydrogens (primary N) is 1. The van der Waals surface area contributed by atoms with Crippen molar-refractivity contribution in [2.45, 2.75) is 19.8 Å². The zero-order chi connectivity index (χ0) is 12.3. The van der Waals surface area contributed by atoms with E-state index in [4.69, 9.17) is 5.73 Å². The second-order valence-corrected chi connectivity index (χ2v) is 5.66. The highest BCUT2D eigenvalue weighted by Gasteiger charge is 2.09. The van der Waals surface area contributed by atoms with Crippen molar-refractivity contribution in [1.29, 1.82) is 0 Å². The molecule has 1 heterocycles. The van der Waals surface area contributed by atoms with Gasteiger partial charge in [0.1, 0.15) is 9.61 Å². The van der Waals surface area contributed by atoms with Crippen LogP contribution in [0, 0.1) is 0 Å². The Kier molecular flexibility index (Phi) is 4.31. The molecule has 1 aromatic carbocycles. The van der Waals surface area contributed by atoms with Crippen molar-refractivity contribution in [3.05, 3.63) is 39.3 Å². The molecule has 0 aliphatic rings. The van der Waals surface area contributed by atoms with Gasteiger partial charge in [0.25, 0.3) is 0 Å². The first-order chi connectivity index (χ1) is 8.24. The van der Waals surface area contributed by atoms with Crippen molar-refractivity contribution in [1.82, 2.24) is 4.98 Å². The largest absolute Gasteiger partial charge is 0.330 e. The van der Waals surface area contributed by atoms with E-state index in [0.717, 1.165) is 22.5 Å². The SMILES string of the molecule is CCc1ccc(-c2nc(Br)c(CCN)s2)cc1. The summed E-state index contributed by atoms with van der Waals surface area (Å²) in [5.41, 5.74) is 8.10. The zero-order valence-electron chi connectivity index (χ0n) is 9.74. The Hall–Kier alpha value is -0.710. The number of aromatic nitrogens is 1. The van der Waals surface area contributed by atoms with E-state index in [-0.39, 0.29) is 0 Å². The summed E-state index contributed by atoms with van der Waals surface area (Å²) in [5.74, 6) is 0. The highest BCUT2D eigenvalue weighted by atomic mass is 79.9. The van der Waals surface area contributed by atoms with E-state index in [1.54, 1.807) is 11.3 Å². The lowest BCUT2D eigenvalue weighted by Crippen LogP contribution is -2.01. The van der Waals surface area contributed by atoms with Crippen LogP contribution in [-0.2, 0) is 12.8 Å². The molecular formula is C13H15BrN2S. The molecule has 0 fully saturated rings. The minimum absolute atomic E-state index is 0.662. The van der Waals surface area contributed by atoms with Gasteiger partial charge < -0.3 is 5.73 Å². The van der Waals surface area contributed by atoms with E-state index in [1.807, 2.05) is 0 Å². The summed E-state index contributed by atoms with van der Waals surface area (Å²) in [6.45, 7) is 2.82. The number of benzene rings is 1. The third-order valence-electron chi connectivity index (χ3n) is 2.63. The molecule has 1 aromatic heterocycles. The minimum Gasteiger partial charge on any atom is -0.330 e. The minimum atomic E-state index is 0.662. The molecule has 0 saturated heterocycles. The first-order valence-electron chi connectivity index (χ1n) is 5.69. The molecule has 0 aliphatic heterocycles. The Bertz CT molecular complexity index is 491. The Balaban J connectivity index is 2.29. The smallest absolute Gasteiger partial charge is 0.124 e. The summed E-state index contributed by atoms with van der Waals surface area (Å²) in [6.07, 6.45) is 1.95. The van der Waals surface area contributed by atoms with Crippen molar-refractivity contribution >= 4 is 27.3 Å². The highest BCUT2D eigenvalue weighted by Crippen LogP contribution is 2.31. The molecule has 0 unspecified atom stereocenters. The van der Waals surface area contributed by atoms with Gasteiger partial charge in [0, 0.05) is 10.4 Å². The van der Waals surface area contributed by atoms with Gasteiger partial charge in [0.05, 0.1) is 0 Å². The summed E-state index contributed by atoms with van der Waals surface area (Å²) in [5, 5.41) is 1.06. The Morgan fingerprint density at radius 3 is 2.59 bits per heavy atom. The van der Waals surface area contributed by atoms with Crippen LogP contribution in [0.1, 0.15) is 17.4 Å². The fraction of sp³-hybridized carbons (Fsp3) is 0.308. The zero-order valence-corrected chi connectivity index (χ0v) is 12.1. The van der Waals surface area contributed by atoms with Gasteiger partial charge in [-0.15, -0.1) is 11.3 Å². The number of nitrogens with zero attached hydrogens (tertiary/aromatic N) is 1. The van der Waals surface area contributed by atoms with Crippen LogP contribution in [0.3, 0.4) is 0 Å². The summed E-state index contributed by atoms with van der Waals surface area (Å²) < 4.78 is 0.933. The summed E-state index contributed by atoms with van der Waals surface area (Å²) in [7, 11) is 0. The summed E-state index contributed by atoms with van der Waals surface area (Å²) in [6, 6.07) is 8.59.